The van der Waals surface area contributed by atoms with Crippen LogP contribution < -0.4 is 0 Å². The Morgan fingerprint density at radius 2 is 1.73 bits per heavy atom. The zero-order valence-electron chi connectivity index (χ0n) is 9.78. The number of benzene rings is 1. The molecule has 0 radical (unpaired) electrons. The summed E-state index contributed by atoms with van der Waals surface area (Å²) < 4.78 is 0. The molecule has 0 heterocycles. The van der Waals surface area contributed by atoms with Crippen molar-refractivity contribution in [3.05, 3.63) is 48.0 Å². The van der Waals surface area contributed by atoms with Gasteiger partial charge in [0.2, 0.25) is 0 Å². The number of unbranched alkanes of at least 4 members (excludes halogenated alkanes) is 3. The molecule has 0 aliphatic carbocycles. The minimum atomic E-state index is 1.17. The summed E-state index contributed by atoms with van der Waals surface area (Å²) in [6, 6.07) is 10.8. The highest BCUT2D eigenvalue weighted by molar-refractivity contribution is 5.14. The first-order chi connectivity index (χ1) is 7.43. The molecule has 0 saturated carbocycles. The highest BCUT2D eigenvalue weighted by atomic mass is 14.0. The first-order valence-corrected chi connectivity index (χ1v) is 6.12. The van der Waals surface area contributed by atoms with Gasteiger partial charge in [-0.15, -0.1) is 0 Å². The van der Waals surface area contributed by atoms with E-state index in [1.54, 1.807) is 0 Å². The van der Waals surface area contributed by atoms with Crippen LogP contribution >= 0.6 is 0 Å². The fourth-order valence-corrected chi connectivity index (χ4v) is 1.70. The van der Waals surface area contributed by atoms with Gasteiger partial charge in [-0.1, -0.05) is 55.8 Å². The van der Waals surface area contributed by atoms with Crippen LogP contribution in [0.3, 0.4) is 0 Å². The molecule has 0 aliphatic heterocycles. The van der Waals surface area contributed by atoms with Crippen LogP contribution in [0.2, 0.25) is 0 Å². The van der Waals surface area contributed by atoms with E-state index in [-0.39, 0.29) is 0 Å². The standard InChI is InChI=1S/C15H22/c1-2-3-4-5-6-7-9-12-15-13-10-8-11-14-15/h3-4,8,10-11,13-14H,2,5-7,9,12H2,1H3. The SMILES string of the molecule is CCC=CCCCCCc1ccccc1. The minimum Gasteiger partial charge on any atom is -0.0888 e. The topological polar surface area (TPSA) is 0 Å². The van der Waals surface area contributed by atoms with E-state index in [9.17, 15) is 0 Å². The first kappa shape index (κ1) is 12.0. The lowest BCUT2D eigenvalue weighted by Gasteiger charge is -2.00. The molecule has 0 bridgehead atoms. The van der Waals surface area contributed by atoms with E-state index in [0.717, 1.165) is 0 Å². The largest absolute Gasteiger partial charge is 0.0888 e. The molecule has 0 spiro atoms. The van der Waals surface area contributed by atoms with Gasteiger partial charge >= 0.3 is 0 Å². The lowest BCUT2D eigenvalue weighted by atomic mass is 10.1. The highest BCUT2D eigenvalue weighted by Crippen LogP contribution is 2.07. The molecule has 0 aromatic heterocycles. The lowest BCUT2D eigenvalue weighted by Crippen LogP contribution is -1.84. The molecule has 0 N–H and O–H groups in total. The quantitative estimate of drug-likeness (QED) is 0.442. The maximum atomic E-state index is 2.31. The van der Waals surface area contributed by atoms with Crippen LogP contribution in [0.4, 0.5) is 0 Å². The van der Waals surface area contributed by atoms with Gasteiger partial charge in [0.15, 0.2) is 0 Å². The fourth-order valence-electron chi connectivity index (χ4n) is 1.70. The predicted molar refractivity (Wildman–Crippen MR) is 68.0 cm³/mol. The van der Waals surface area contributed by atoms with E-state index in [2.05, 4.69) is 49.4 Å². The summed E-state index contributed by atoms with van der Waals surface area (Å²) in [6.45, 7) is 2.19. The van der Waals surface area contributed by atoms with Crippen LogP contribution in [0.15, 0.2) is 42.5 Å². The van der Waals surface area contributed by atoms with Crippen molar-refractivity contribution in [1.29, 1.82) is 0 Å². The summed E-state index contributed by atoms with van der Waals surface area (Å²) in [5, 5.41) is 0. The van der Waals surface area contributed by atoms with Gasteiger partial charge in [-0.05, 0) is 37.7 Å². The van der Waals surface area contributed by atoms with Gasteiger partial charge in [0.25, 0.3) is 0 Å². The molecule has 15 heavy (non-hydrogen) atoms. The molecular weight excluding hydrogens is 180 g/mol. The Labute approximate surface area is 94.0 Å². The molecule has 0 nitrogen and oxygen atoms in total. The van der Waals surface area contributed by atoms with Crippen molar-refractivity contribution in [3.8, 4) is 0 Å². The Morgan fingerprint density at radius 1 is 0.933 bits per heavy atom. The Hall–Kier alpha value is -1.04. The van der Waals surface area contributed by atoms with E-state index in [1.807, 2.05) is 0 Å². The Morgan fingerprint density at radius 3 is 2.47 bits per heavy atom. The monoisotopic (exact) mass is 202 g/mol. The zero-order chi connectivity index (χ0) is 10.8. The maximum Gasteiger partial charge on any atom is -0.0279 e. The third-order valence-electron chi connectivity index (χ3n) is 2.58. The van der Waals surface area contributed by atoms with Crippen molar-refractivity contribution in [2.75, 3.05) is 0 Å². The van der Waals surface area contributed by atoms with Gasteiger partial charge in [-0.3, -0.25) is 0 Å². The van der Waals surface area contributed by atoms with Crippen LogP contribution in [-0.2, 0) is 6.42 Å². The van der Waals surface area contributed by atoms with E-state index >= 15 is 0 Å². The molecule has 0 heteroatoms. The summed E-state index contributed by atoms with van der Waals surface area (Å²) in [7, 11) is 0. The van der Waals surface area contributed by atoms with Gasteiger partial charge in [0.1, 0.15) is 0 Å². The third-order valence-corrected chi connectivity index (χ3v) is 2.58. The molecule has 1 rings (SSSR count). The summed E-state index contributed by atoms with van der Waals surface area (Å²) in [5.74, 6) is 0. The summed E-state index contributed by atoms with van der Waals surface area (Å²) in [5.41, 5.74) is 1.47. The van der Waals surface area contributed by atoms with Crippen molar-refractivity contribution in [2.24, 2.45) is 0 Å². The third kappa shape index (κ3) is 6.11. The summed E-state index contributed by atoms with van der Waals surface area (Å²) in [4.78, 5) is 0. The number of allylic oxidation sites excluding steroid dienone is 2. The van der Waals surface area contributed by atoms with Crippen molar-refractivity contribution >= 4 is 0 Å². The Bertz CT molecular complexity index is 259. The molecule has 0 unspecified atom stereocenters. The minimum absolute atomic E-state index is 1.17. The van der Waals surface area contributed by atoms with Gasteiger partial charge in [-0.2, -0.15) is 0 Å². The smallest absolute Gasteiger partial charge is 0.0279 e. The van der Waals surface area contributed by atoms with E-state index in [0.29, 0.717) is 0 Å². The second-order valence-corrected chi connectivity index (χ2v) is 3.96. The van der Waals surface area contributed by atoms with Crippen molar-refractivity contribution in [2.45, 2.75) is 45.4 Å². The number of rotatable bonds is 7. The maximum absolute atomic E-state index is 2.31. The number of aryl methyl sites for hydroxylation is 1. The average molecular weight is 202 g/mol. The lowest BCUT2D eigenvalue weighted by molar-refractivity contribution is 0.686. The van der Waals surface area contributed by atoms with E-state index < -0.39 is 0 Å². The van der Waals surface area contributed by atoms with Gasteiger partial charge in [0, 0.05) is 0 Å². The fraction of sp³-hybridized carbons (Fsp3) is 0.467. The first-order valence-electron chi connectivity index (χ1n) is 6.12. The number of hydrogen-bond donors (Lipinski definition) is 0. The highest BCUT2D eigenvalue weighted by Gasteiger charge is 1.91. The molecule has 0 aliphatic rings. The molecule has 0 amide bonds. The van der Waals surface area contributed by atoms with Gasteiger partial charge in [-0.25, -0.2) is 0 Å². The normalized spacial score (nSPS) is 11.0. The summed E-state index contributed by atoms with van der Waals surface area (Å²) >= 11 is 0. The molecule has 1 aromatic carbocycles. The molecule has 0 fully saturated rings. The van der Waals surface area contributed by atoms with Crippen LogP contribution in [0.1, 0.15) is 44.6 Å². The predicted octanol–water partition coefficient (Wildman–Crippen LogP) is 4.76. The van der Waals surface area contributed by atoms with Crippen LogP contribution in [-0.4, -0.2) is 0 Å². The van der Waals surface area contributed by atoms with Gasteiger partial charge < -0.3 is 0 Å². The van der Waals surface area contributed by atoms with Crippen LogP contribution in [0.25, 0.3) is 0 Å². The van der Waals surface area contributed by atoms with E-state index in [1.165, 1.54) is 44.1 Å². The van der Waals surface area contributed by atoms with Crippen LogP contribution in [0, 0.1) is 0 Å². The summed E-state index contributed by atoms with van der Waals surface area (Å²) in [6.07, 6.45) is 12.2. The average Bonchev–Trinajstić information content (AvgIpc) is 2.29. The Balaban J connectivity index is 2.00. The second-order valence-electron chi connectivity index (χ2n) is 3.96. The van der Waals surface area contributed by atoms with E-state index in [4.69, 9.17) is 0 Å². The molecule has 0 saturated heterocycles. The molecule has 82 valence electrons. The van der Waals surface area contributed by atoms with Crippen molar-refractivity contribution in [3.63, 3.8) is 0 Å². The molecule has 0 atom stereocenters. The van der Waals surface area contributed by atoms with Gasteiger partial charge in [0.05, 0.1) is 0 Å². The van der Waals surface area contributed by atoms with Crippen molar-refractivity contribution in [1.82, 2.24) is 0 Å². The molecule has 1 aromatic rings. The van der Waals surface area contributed by atoms with Crippen LogP contribution in [0.5, 0.6) is 0 Å². The molecular formula is C15H22. The second kappa shape index (κ2) is 8.28. The zero-order valence-corrected chi connectivity index (χ0v) is 9.78. The Kier molecular flexibility index (Phi) is 6.64. The number of hydrogen-bond acceptors (Lipinski definition) is 0. The van der Waals surface area contributed by atoms with Crippen molar-refractivity contribution < 1.29 is 0 Å².